The van der Waals surface area contributed by atoms with E-state index in [0.717, 1.165) is 44.0 Å². The predicted molar refractivity (Wildman–Crippen MR) is 107 cm³/mol. The van der Waals surface area contributed by atoms with Crippen LogP contribution < -0.4 is 9.47 Å². The van der Waals surface area contributed by atoms with E-state index in [9.17, 15) is 0 Å². The minimum Gasteiger partial charge on any atom is -0.493 e. The third-order valence-electron chi connectivity index (χ3n) is 5.00. The highest BCUT2D eigenvalue weighted by molar-refractivity contribution is 5.46. The van der Waals surface area contributed by atoms with Gasteiger partial charge in [0.2, 0.25) is 0 Å². The molecule has 2 heterocycles. The van der Waals surface area contributed by atoms with Crippen LogP contribution in [0.25, 0.3) is 0 Å². The Labute approximate surface area is 167 Å². The second-order valence-corrected chi connectivity index (χ2v) is 7.59. The lowest BCUT2D eigenvalue weighted by atomic mass is 9.99. The van der Waals surface area contributed by atoms with Crippen LogP contribution >= 0.6 is 0 Å². The van der Waals surface area contributed by atoms with Gasteiger partial charge in [0.15, 0.2) is 11.5 Å². The molecule has 6 nitrogen and oxygen atoms in total. The average molecular weight is 380 g/mol. The van der Waals surface area contributed by atoms with Gasteiger partial charge in [-0.3, -0.25) is 4.90 Å². The van der Waals surface area contributed by atoms with E-state index in [1.54, 1.807) is 19.2 Å². The number of likely N-dealkylation sites (tertiary alicyclic amines) is 1. The molecular weight excluding hydrogens is 352 g/mol. The van der Waals surface area contributed by atoms with Gasteiger partial charge in [-0.25, -0.2) is 9.97 Å². The van der Waals surface area contributed by atoms with Gasteiger partial charge in [-0.2, -0.15) is 5.26 Å². The summed E-state index contributed by atoms with van der Waals surface area (Å²) in [6.45, 7) is 7.78. The van der Waals surface area contributed by atoms with Crippen LogP contribution in [0.15, 0.2) is 30.5 Å². The normalized spacial score (nSPS) is 17.3. The van der Waals surface area contributed by atoms with Gasteiger partial charge >= 0.3 is 0 Å². The summed E-state index contributed by atoms with van der Waals surface area (Å²) in [5.74, 6) is 3.00. The molecule has 1 aromatic carbocycles. The third kappa shape index (κ3) is 5.20. The maximum Gasteiger partial charge on any atom is 0.162 e. The van der Waals surface area contributed by atoms with Crippen LogP contribution in [0.2, 0.25) is 0 Å². The van der Waals surface area contributed by atoms with Gasteiger partial charge in [0.1, 0.15) is 5.82 Å². The summed E-state index contributed by atoms with van der Waals surface area (Å²) in [6, 6.07) is 9.41. The molecule has 6 heteroatoms. The highest BCUT2D eigenvalue weighted by Gasteiger charge is 2.22. The van der Waals surface area contributed by atoms with Gasteiger partial charge < -0.3 is 9.47 Å². The quantitative estimate of drug-likeness (QED) is 0.728. The molecule has 1 aliphatic rings. The average Bonchev–Trinajstić information content (AvgIpc) is 2.72. The van der Waals surface area contributed by atoms with Crippen molar-refractivity contribution in [1.82, 2.24) is 14.9 Å². The summed E-state index contributed by atoms with van der Waals surface area (Å²) in [5.41, 5.74) is 1.65. The van der Waals surface area contributed by atoms with E-state index < -0.39 is 0 Å². The van der Waals surface area contributed by atoms with Gasteiger partial charge in [0.25, 0.3) is 0 Å². The van der Waals surface area contributed by atoms with E-state index in [4.69, 9.17) is 19.7 Å². The number of aromatic nitrogens is 2. The largest absolute Gasteiger partial charge is 0.493 e. The van der Waals surface area contributed by atoms with Crippen molar-refractivity contribution in [3.63, 3.8) is 0 Å². The molecule has 1 aliphatic heterocycles. The summed E-state index contributed by atoms with van der Waals surface area (Å²) in [6.07, 6.45) is 4.16. The third-order valence-corrected chi connectivity index (χ3v) is 5.00. The smallest absolute Gasteiger partial charge is 0.162 e. The van der Waals surface area contributed by atoms with Crippen molar-refractivity contribution in [2.75, 3.05) is 26.8 Å². The number of benzene rings is 1. The summed E-state index contributed by atoms with van der Waals surface area (Å²) in [7, 11) is 1.60. The summed E-state index contributed by atoms with van der Waals surface area (Å²) < 4.78 is 11.4. The van der Waals surface area contributed by atoms with Crippen LogP contribution in [-0.4, -0.2) is 41.7 Å². The number of piperidine rings is 1. The van der Waals surface area contributed by atoms with Gasteiger partial charge in [0.05, 0.1) is 31.0 Å². The van der Waals surface area contributed by atoms with Crippen LogP contribution in [0.1, 0.15) is 49.7 Å². The Morgan fingerprint density at radius 2 is 2.14 bits per heavy atom. The molecule has 1 aromatic heterocycles. The van der Waals surface area contributed by atoms with Crippen LogP contribution in [-0.2, 0) is 6.54 Å². The number of nitriles is 1. The molecule has 2 aromatic rings. The molecule has 1 atom stereocenters. The van der Waals surface area contributed by atoms with Crippen molar-refractivity contribution in [3.8, 4) is 17.6 Å². The first kappa shape index (κ1) is 20.1. The molecule has 0 bridgehead atoms. The predicted octanol–water partition coefficient (Wildman–Crippen LogP) is 3.77. The summed E-state index contributed by atoms with van der Waals surface area (Å²) in [4.78, 5) is 11.5. The van der Waals surface area contributed by atoms with Crippen molar-refractivity contribution in [2.45, 2.75) is 39.2 Å². The Hall–Kier alpha value is -2.65. The summed E-state index contributed by atoms with van der Waals surface area (Å²) in [5, 5.41) is 9.02. The lowest BCUT2D eigenvalue weighted by Crippen LogP contribution is -2.37. The minimum absolute atomic E-state index is 0.338. The standard InChI is InChI=1S/C22H28N4O2/c1-16(2)22-24-9-8-19(25-22)14-26-10-4-5-18(13-26)15-28-20-7-6-17(12-23)11-21(20)27-3/h6-9,11,16,18H,4-5,10,13-15H2,1-3H3. The highest BCUT2D eigenvalue weighted by atomic mass is 16.5. The Balaban J connectivity index is 1.57. The van der Waals surface area contributed by atoms with E-state index in [-0.39, 0.29) is 0 Å². The van der Waals surface area contributed by atoms with Gasteiger partial charge in [-0.15, -0.1) is 0 Å². The molecule has 28 heavy (non-hydrogen) atoms. The van der Waals surface area contributed by atoms with Crippen molar-refractivity contribution in [3.05, 3.63) is 47.5 Å². The zero-order chi connectivity index (χ0) is 19.9. The van der Waals surface area contributed by atoms with Gasteiger partial charge in [-0.05, 0) is 37.6 Å². The lowest BCUT2D eigenvalue weighted by Gasteiger charge is -2.32. The number of hydrogen-bond donors (Lipinski definition) is 0. The van der Waals surface area contributed by atoms with Crippen molar-refractivity contribution < 1.29 is 9.47 Å². The molecule has 0 saturated carbocycles. The number of rotatable bonds is 7. The molecule has 0 aliphatic carbocycles. The van der Waals surface area contributed by atoms with Crippen molar-refractivity contribution in [1.29, 1.82) is 5.26 Å². The van der Waals surface area contributed by atoms with E-state index in [0.29, 0.717) is 35.5 Å². The molecule has 0 amide bonds. The van der Waals surface area contributed by atoms with E-state index in [1.807, 2.05) is 18.3 Å². The highest BCUT2D eigenvalue weighted by Crippen LogP contribution is 2.29. The number of nitrogens with zero attached hydrogens (tertiary/aromatic N) is 4. The SMILES string of the molecule is COc1cc(C#N)ccc1OCC1CCCN(Cc2ccnc(C(C)C)n2)C1. The number of ether oxygens (including phenoxy) is 2. The minimum atomic E-state index is 0.338. The van der Waals surface area contributed by atoms with Crippen LogP contribution in [0.5, 0.6) is 11.5 Å². The molecule has 0 radical (unpaired) electrons. The van der Waals surface area contributed by atoms with Crippen LogP contribution in [0, 0.1) is 17.2 Å². The monoisotopic (exact) mass is 380 g/mol. The molecule has 1 fully saturated rings. The first-order chi connectivity index (χ1) is 13.6. The fraction of sp³-hybridized carbons (Fsp3) is 0.500. The Morgan fingerprint density at radius 1 is 1.29 bits per heavy atom. The van der Waals surface area contributed by atoms with Gasteiger partial charge in [0, 0.05) is 37.2 Å². The number of hydrogen-bond acceptors (Lipinski definition) is 6. The summed E-state index contributed by atoms with van der Waals surface area (Å²) >= 11 is 0. The van der Waals surface area contributed by atoms with Crippen LogP contribution in [0.4, 0.5) is 0 Å². The maximum atomic E-state index is 9.02. The molecule has 0 N–H and O–H groups in total. The second-order valence-electron chi connectivity index (χ2n) is 7.59. The first-order valence-electron chi connectivity index (χ1n) is 9.84. The van der Waals surface area contributed by atoms with E-state index >= 15 is 0 Å². The molecule has 148 valence electrons. The Bertz CT molecular complexity index is 832. The maximum absolute atomic E-state index is 9.02. The van der Waals surface area contributed by atoms with E-state index in [1.165, 1.54) is 0 Å². The van der Waals surface area contributed by atoms with E-state index in [2.05, 4.69) is 29.8 Å². The molecule has 3 rings (SSSR count). The molecule has 0 spiro atoms. The zero-order valence-corrected chi connectivity index (χ0v) is 16.9. The Kier molecular flexibility index (Phi) is 6.83. The van der Waals surface area contributed by atoms with Crippen LogP contribution in [0.3, 0.4) is 0 Å². The Morgan fingerprint density at radius 3 is 2.89 bits per heavy atom. The molecule has 1 saturated heterocycles. The second kappa shape index (κ2) is 9.52. The molecular formula is C22H28N4O2. The lowest BCUT2D eigenvalue weighted by molar-refractivity contribution is 0.122. The first-order valence-corrected chi connectivity index (χ1v) is 9.84. The van der Waals surface area contributed by atoms with Crippen molar-refractivity contribution >= 4 is 0 Å². The topological polar surface area (TPSA) is 71.3 Å². The molecule has 1 unspecified atom stereocenters. The fourth-order valence-corrected chi connectivity index (χ4v) is 3.50. The van der Waals surface area contributed by atoms with Crippen molar-refractivity contribution in [2.24, 2.45) is 5.92 Å². The fourth-order valence-electron chi connectivity index (χ4n) is 3.50. The van der Waals surface area contributed by atoms with Gasteiger partial charge in [-0.1, -0.05) is 13.8 Å². The number of methoxy groups -OCH3 is 1. The zero-order valence-electron chi connectivity index (χ0n) is 16.9.